The molecular weight excluding hydrogens is 340 g/mol. The molecule has 13 heavy (non-hydrogen) atoms. The number of hydrogen-bond acceptors (Lipinski definition) is 0. The minimum absolute atomic E-state index is 0. The van der Waals surface area contributed by atoms with Crippen molar-refractivity contribution in [1.29, 1.82) is 0 Å². The Labute approximate surface area is 98.1 Å². The van der Waals surface area contributed by atoms with Gasteiger partial charge in [-0.3, -0.25) is 0 Å². The van der Waals surface area contributed by atoms with Gasteiger partial charge in [-0.2, -0.15) is 0 Å². The molecule has 0 radical (unpaired) electrons. The predicted molar refractivity (Wildman–Crippen MR) is 54.7 cm³/mol. The third-order valence-electron chi connectivity index (χ3n) is 2.33. The van der Waals surface area contributed by atoms with Crippen molar-refractivity contribution in [3.8, 4) is 0 Å². The van der Waals surface area contributed by atoms with Crippen LogP contribution in [0.4, 0.5) is 0 Å². The van der Waals surface area contributed by atoms with Crippen LogP contribution in [-0.2, 0) is 4.47 Å². The Kier molecular flexibility index (Phi) is 5.39. The Morgan fingerprint density at radius 2 is 1.62 bits per heavy atom. The van der Waals surface area contributed by atoms with E-state index < -0.39 is 19.6 Å². The molecule has 0 atom stereocenters. The van der Waals surface area contributed by atoms with Crippen LogP contribution in [0.25, 0.3) is 0 Å². The molecule has 2 rings (SSSR count). The van der Waals surface area contributed by atoms with Crippen LogP contribution in [-0.4, -0.2) is 19.6 Å². The second-order valence-corrected chi connectivity index (χ2v) is 10.0. The number of halogens is 1. The summed E-state index contributed by atoms with van der Waals surface area (Å²) in [6.07, 6.45) is 3.06. The van der Waals surface area contributed by atoms with Gasteiger partial charge in [-0.15, -0.1) is 0 Å². The zero-order valence-electron chi connectivity index (χ0n) is 7.71. The average molecular weight is 355 g/mol. The zero-order valence-corrected chi connectivity index (χ0v) is 11.6. The molecule has 0 amide bonds. The summed E-state index contributed by atoms with van der Waals surface area (Å²) in [6.45, 7) is 0. The van der Waals surface area contributed by atoms with E-state index in [2.05, 4.69) is 30.3 Å². The van der Waals surface area contributed by atoms with Crippen molar-refractivity contribution >= 4 is 19.6 Å². The van der Waals surface area contributed by atoms with E-state index in [9.17, 15) is 0 Å². The summed E-state index contributed by atoms with van der Waals surface area (Å²) >= 11 is -0.596. The monoisotopic (exact) mass is 356 g/mol. The van der Waals surface area contributed by atoms with Crippen LogP contribution < -0.4 is 17.0 Å². The van der Waals surface area contributed by atoms with Gasteiger partial charge in [0.1, 0.15) is 0 Å². The molecule has 1 aliphatic heterocycles. The molecule has 0 saturated carbocycles. The van der Waals surface area contributed by atoms with Crippen molar-refractivity contribution in [3.63, 3.8) is 0 Å². The summed E-state index contributed by atoms with van der Waals surface area (Å²) < 4.78 is 4.72. The maximum absolute atomic E-state index is 2.29. The Hall–Kier alpha value is 0.490. The fraction of sp³-hybridized carbons (Fsp3) is 0.455. The first-order valence-electron chi connectivity index (χ1n) is 4.63. The molecule has 0 N–H and O–H groups in total. The van der Waals surface area contributed by atoms with Gasteiger partial charge in [0.05, 0.1) is 0 Å². The molecule has 0 spiro atoms. The molecule has 2 heteroatoms. The molecule has 0 bridgehead atoms. The van der Waals surface area contributed by atoms with Gasteiger partial charge in [-0.25, -0.2) is 0 Å². The Bertz CT molecular complexity index is 229. The van der Waals surface area contributed by atoms with Gasteiger partial charge in [0.2, 0.25) is 0 Å². The van der Waals surface area contributed by atoms with E-state index in [-0.39, 0.29) is 17.0 Å². The fourth-order valence-electron chi connectivity index (χ4n) is 1.67. The second kappa shape index (κ2) is 6.06. The van der Waals surface area contributed by atoms with E-state index in [1.807, 2.05) is 0 Å². The van der Waals surface area contributed by atoms with Crippen molar-refractivity contribution in [2.24, 2.45) is 0 Å². The predicted octanol–water partition coefficient (Wildman–Crippen LogP) is 0.0609. The molecular formula is C11H15BrTe. The molecule has 1 aromatic carbocycles. The van der Waals surface area contributed by atoms with E-state index in [4.69, 9.17) is 0 Å². The number of rotatable bonds is 2. The summed E-state index contributed by atoms with van der Waals surface area (Å²) in [6, 6.07) is 11.0. The van der Waals surface area contributed by atoms with Crippen LogP contribution in [0.1, 0.15) is 18.4 Å². The van der Waals surface area contributed by atoms with Crippen LogP contribution in [0.5, 0.6) is 0 Å². The van der Waals surface area contributed by atoms with Crippen LogP contribution in [0.2, 0.25) is 8.94 Å². The van der Waals surface area contributed by atoms with Crippen molar-refractivity contribution in [2.45, 2.75) is 26.2 Å². The molecule has 1 heterocycles. The van der Waals surface area contributed by atoms with E-state index in [0.717, 1.165) is 0 Å². The SMILES string of the molecule is [Br-].c1ccc(C[Te+]2CCCC2)cc1. The van der Waals surface area contributed by atoms with Crippen molar-refractivity contribution in [3.05, 3.63) is 35.9 Å². The van der Waals surface area contributed by atoms with Gasteiger partial charge in [-0.05, 0) is 0 Å². The number of hydrogen-bond donors (Lipinski definition) is 0. The molecule has 72 valence electrons. The summed E-state index contributed by atoms with van der Waals surface area (Å²) in [5.41, 5.74) is 1.59. The summed E-state index contributed by atoms with van der Waals surface area (Å²) in [4.78, 5) is 0. The normalized spacial score (nSPS) is 16.9. The van der Waals surface area contributed by atoms with E-state index in [0.29, 0.717) is 0 Å². The quantitative estimate of drug-likeness (QED) is 0.659. The third-order valence-corrected chi connectivity index (χ3v) is 9.39. The Morgan fingerprint density at radius 3 is 2.23 bits per heavy atom. The van der Waals surface area contributed by atoms with Crippen molar-refractivity contribution < 1.29 is 17.0 Å². The van der Waals surface area contributed by atoms with E-state index in [1.165, 1.54) is 17.3 Å². The average Bonchev–Trinajstić information content (AvgIpc) is 2.59. The van der Waals surface area contributed by atoms with E-state index >= 15 is 0 Å². The molecule has 1 aliphatic rings. The first-order chi connectivity index (χ1) is 5.95. The second-order valence-electron chi connectivity index (χ2n) is 3.36. The van der Waals surface area contributed by atoms with Gasteiger partial charge in [0.15, 0.2) is 0 Å². The summed E-state index contributed by atoms with van der Waals surface area (Å²) in [5, 5.41) is 0. The van der Waals surface area contributed by atoms with Crippen LogP contribution >= 0.6 is 0 Å². The van der Waals surface area contributed by atoms with Crippen molar-refractivity contribution in [1.82, 2.24) is 0 Å². The summed E-state index contributed by atoms with van der Waals surface area (Å²) in [7, 11) is 0. The van der Waals surface area contributed by atoms with Crippen LogP contribution in [0.3, 0.4) is 0 Å². The van der Waals surface area contributed by atoms with Crippen LogP contribution in [0.15, 0.2) is 30.3 Å². The van der Waals surface area contributed by atoms with Gasteiger partial charge in [0, 0.05) is 0 Å². The Morgan fingerprint density at radius 1 is 1.00 bits per heavy atom. The molecule has 1 aromatic rings. The zero-order chi connectivity index (χ0) is 8.23. The van der Waals surface area contributed by atoms with Crippen LogP contribution in [0, 0.1) is 0 Å². The first-order valence-corrected chi connectivity index (χ1v) is 9.57. The third kappa shape index (κ3) is 3.62. The molecule has 0 unspecified atom stereocenters. The standard InChI is InChI=1S/C11H15Te.BrH/c1-2-6-11(7-3-1)10-12-8-4-5-9-12;/h1-3,6-7H,4-5,8-10H2;1H/q+1;/p-1. The topological polar surface area (TPSA) is 0 Å². The number of benzene rings is 1. The van der Waals surface area contributed by atoms with E-state index in [1.54, 1.807) is 14.5 Å². The molecule has 0 nitrogen and oxygen atoms in total. The minimum atomic E-state index is -0.596. The van der Waals surface area contributed by atoms with Crippen molar-refractivity contribution in [2.75, 3.05) is 0 Å². The Balaban J connectivity index is 0.000000845. The molecule has 0 aliphatic carbocycles. The van der Waals surface area contributed by atoms with Gasteiger partial charge >= 0.3 is 81.7 Å². The van der Waals surface area contributed by atoms with Gasteiger partial charge in [0.25, 0.3) is 0 Å². The molecule has 1 fully saturated rings. The summed E-state index contributed by atoms with van der Waals surface area (Å²) in [5.74, 6) is 0. The first kappa shape index (κ1) is 11.6. The maximum atomic E-state index is 2.29. The molecule has 1 saturated heterocycles. The fourth-order valence-corrected chi connectivity index (χ4v) is 8.47. The van der Waals surface area contributed by atoms with Gasteiger partial charge < -0.3 is 17.0 Å². The molecule has 0 aromatic heterocycles. The van der Waals surface area contributed by atoms with Gasteiger partial charge in [-0.1, -0.05) is 0 Å².